The van der Waals surface area contributed by atoms with Crippen LogP contribution in [0.15, 0.2) is 46.4 Å². The first-order chi connectivity index (χ1) is 14.8. The number of aromatic nitrogens is 4. The molecular weight excluding hydrogens is 409 g/mol. The largest absolute Gasteiger partial charge is 0.416 e. The molecule has 0 fully saturated rings. The normalized spacial score (nSPS) is 13.1. The molecule has 0 aliphatic carbocycles. The Labute approximate surface area is 175 Å². The standard InChI is InChI=1S/C21H17F3N6O/c1-3-7-30-19(31)16-9-17(27-18(16)28-20(30)25-2)14-10-26-29(12-14)11-13-5-4-6-15(8-13)21(22,23)24/h4-6,8,10,12H,3,7,9,11H2,1H3. The minimum absolute atomic E-state index is 0.0100. The molecular formula is C21H17F3N6O. The molecule has 0 amide bonds. The van der Waals surface area contributed by atoms with Crippen molar-refractivity contribution < 1.29 is 13.2 Å². The molecule has 0 unspecified atom stereocenters. The molecule has 3 heterocycles. The van der Waals surface area contributed by atoms with Gasteiger partial charge in [-0.3, -0.25) is 14.0 Å². The summed E-state index contributed by atoms with van der Waals surface area (Å²) < 4.78 is 41.6. The summed E-state index contributed by atoms with van der Waals surface area (Å²) in [5.41, 5.74) is 1.15. The van der Waals surface area contributed by atoms with Gasteiger partial charge in [-0.25, -0.2) is 4.99 Å². The molecule has 4 rings (SSSR count). The van der Waals surface area contributed by atoms with E-state index in [1.165, 1.54) is 15.3 Å². The van der Waals surface area contributed by atoms with Crippen molar-refractivity contribution in [2.75, 3.05) is 0 Å². The number of hydrogen-bond donors (Lipinski definition) is 0. The molecule has 10 heteroatoms. The highest BCUT2D eigenvalue weighted by Crippen LogP contribution is 2.30. The molecule has 0 N–H and O–H groups in total. The summed E-state index contributed by atoms with van der Waals surface area (Å²) in [6.45, 7) is 9.75. The van der Waals surface area contributed by atoms with Crippen LogP contribution in [0.5, 0.6) is 0 Å². The molecule has 0 atom stereocenters. The maximum atomic E-state index is 12.9. The summed E-state index contributed by atoms with van der Waals surface area (Å²) >= 11 is 0. The highest BCUT2D eigenvalue weighted by atomic mass is 19.4. The number of fused-ring (bicyclic) bond motifs is 1. The van der Waals surface area contributed by atoms with E-state index in [0.717, 1.165) is 12.1 Å². The maximum Gasteiger partial charge on any atom is 0.416 e. The van der Waals surface area contributed by atoms with Gasteiger partial charge in [0.05, 0.1) is 36.1 Å². The summed E-state index contributed by atoms with van der Waals surface area (Å²) in [4.78, 5) is 24.7. The summed E-state index contributed by atoms with van der Waals surface area (Å²) in [7, 11) is 0. The average Bonchev–Trinajstić information content (AvgIpc) is 3.36. The number of nitrogens with zero attached hydrogens (tertiary/aromatic N) is 6. The van der Waals surface area contributed by atoms with Gasteiger partial charge in [-0.2, -0.15) is 18.3 Å². The predicted molar refractivity (Wildman–Crippen MR) is 108 cm³/mol. The highest BCUT2D eigenvalue weighted by Gasteiger charge is 2.30. The lowest BCUT2D eigenvalue weighted by Gasteiger charge is -2.08. The van der Waals surface area contributed by atoms with Gasteiger partial charge in [-0.1, -0.05) is 19.1 Å². The Morgan fingerprint density at radius 2 is 2.10 bits per heavy atom. The minimum atomic E-state index is -4.41. The van der Waals surface area contributed by atoms with Gasteiger partial charge in [0.25, 0.3) is 0 Å². The van der Waals surface area contributed by atoms with Crippen LogP contribution in [0.25, 0.3) is 4.85 Å². The number of hydrogen-bond acceptors (Lipinski definition) is 4. The third kappa shape index (κ3) is 3.99. The zero-order valence-electron chi connectivity index (χ0n) is 16.5. The van der Waals surface area contributed by atoms with Crippen molar-refractivity contribution >= 4 is 17.5 Å². The highest BCUT2D eigenvalue weighted by molar-refractivity contribution is 6.05. The smallest absolute Gasteiger partial charge is 0.396 e. The van der Waals surface area contributed by atoms with Crippen molar-refractivity contribution in [1.29, 1.82) is 0 Å². The second-order valence-corrected chi connectivity index (χ2v) is 7.14. The van der Waals surface area contributed by atoms with Crippen LogP contribution in [-0.2, 0) is 25.7 Å². The molecule has 31 heavy (non-hydrogen) atoms. The van der Waals surface area contributed by atoms with Crippen LogP contribution in [0, 0.1) is 6.57 Å². The Morgan fingerprint density at radius 3 is 2.81 bits per heavy atom. The third-order valence-electron chi connectivity index (χ3n) is 4.92. The molecule has 158 valence electrons. The van der Waals surface area contributed by atoms with Gasteiger partial charge >= 0.3 is 17.7 Å². The van der Waals surface area contributed by atoms with E-state index in [4.69, 9.17) is 6.57 Å². The first kappa shape index (κ1) is 20.5. The molecule has 0 saturated heterocycles. The summed E-state index contributed by atoms with van der Waals surface area (Å²) in [5.74, 6) is 0.250. The van der Waals surface area contributed by atoms with Gasteiger partial charge in [-0.05, 0) is 24.1 Å². The van der Waals surface area contributed by atoms with Crippen molar-refractivity contribution in [2.24, 2.45) is 4.99 Å². The summed E-state index contributed by atoms with van der Waals surface area (Å²) in [6, 6.07) is 5.09. The SMILES string of the molecule is [C-]#[N+]c1nc2c(c(=O)n1CCC)CC(c1cnn(Cc3cccc(C(F)(F)F)c3)c1)=N2. The quantitative estimate of drug-likeness (QED) is 0.576. The van der Waals surface area contributed by atoms with Crippen LogP contribution >= 0.6 is 0 Å². The number of halogens is 3. The van der Waals surface area contributed by atoms with Gasteiger partial charge in [0.1, 0.15) is 0 Å². The lowest BCUT2D eigenvalue weighted by Crippen LogP contribution is -2.24. The summed E-state index contributed by atoms with van der Waals surface area (Å²) in [6.07, 6.45) is -0.223. The van der Waals surface area contributed by atoms with Crippen molar-refractivity contribution in [1.82, 2.24) is 19.3 Å². The molecule has 0 saturated carbocycles. The first-order valence-corrected chi connectivity index (χ1v) is 9.58. The zero-order valence-corrected chi connectivity index (χ0v) is 16.5. The number of aliphatic imine (C=N–C) groups is 1. The van der Waals surface area contributed by atoms with E-state index < -0.39 is 11.7 Å². The van der Waals surface area contributed by atoms with Crippen molar-refractivity contribution in [2.45, 2.75) is 39.0 Å². The van der Waals surface area contributed by atoms with Crippen LogP contribution < -0.4 is 5.56 Å². The fourth-order valence-electron chi connectivity index (χ4n) is 3.46. The third-order valence-corrected chi connectivity index (χ3v) is 4.92. The van der Waals surface area contributed by atoms with E-state index in [-0.39, 0.29) is 30.3 Å². The fraction of sp³-hybridized carbons (Fsp3) is 0.286. The topological polar surface area (TPSA) is 69.4 Å². The van der Waals surface area contributed by atoms with Crippen LogP contribution in [0.3, 0.4) is 0 Å². The van der Waals surface area contributed by atoms with Crippen molar-refractivity contribution in [3.63, 3.8) is 0 Å². The number of rotatable bonds is 5. The Kier molecular flexibility index (Phi) is 5.19. The van der Waals surface area contributed by atoms with Crippen LogP contribution in [-0.4, -0.2) is 25.0 Å². The summed E-state index contributed by atoms with van der Waals surface area (Å²) in [5, 5.41) is 4.22. The molecule has 3 aromatic rings. The molecule has 2 aromatic heterocycles. The number of benzene rings is 1. The second-order valence-electron chi connectivity index (χ2n) is 7.14. The molecule has 0 radical (unpaired) electrons. The van der Waals surface area contributed by atoms with E-state index in [1.807, 2.05) is 6.92 Å². The van der Waals surface area contributed by atoms with E-state index in [1.54, 1.807) is 18.5 Å². The molecule has 1 aromatic carbocycles. The van der Waals surface area contributed by atoms with E-state index in [0.29, 0.717) is 35.4 Å². The van der Waals surface area contributed by atoms with Crippen molar-refractivity contribution in [3.05, 3.63) is 80.7 Å². The Bertz CT molecular complexity index is 1280. The molecule has 0 bridgehead atoms. The Balaban J connectivity index is 1.58. The van der Waals surface area contributed by atoms with E-state index >= 15 is 0 Å². The molecule has 1 aliphatic rings. The molecule has 1 aliphatic heterocycles. The number of alkyl halides is 3. The molecule has 7 nitrogen and oxygen atoms in total. The Morgan fingerprint density at radius 1 is 1.29 bits per heavy atom. The molecule has 0 spiro atoms. The van der Waals surface area contributed by atoms with Crippen LogP contribution in [0.4, 0.5) is 24.9 Å². The lowest BCUT2D eigenvalue weighted by atomic mass is 10.1. The fourth-order valence-corrected chi connectivity index (χ4v) is 3.46. The monoisotopic (exact) mass is 426 g/mol. The zero-order chi connectivity index (χ0) is 22.2. The van der Waals surface area contributed by atoms with Gasteiger partial charge in [0, 0.05) is 18.2 Å². The second kappa shape index (κ2) is 7.83. The van der Waals surface area contributed by atoms with Crippen molar-refractivity contribution in [3.8, 4) is 0 Å². The maximum absolute atomic E-state index is 12.9. The van der Waals surface area contributed by atoms with E-state index in [2.05, 4.69) is 19.9 Å². The van der Waals surface area contributed by atoms with E-state index in [9.17, 15) is 18.0 Å². The van der Waals surface area contributed by atoms with Gasteiger partial charge in [0.2, 0.25) is 5.82 Å². The minimum Gasteiger partial charge on any atom is -0.396 e. The van der Waals surface area contributed by atoms with Crippen LogP contribution in [0.1, 0.15) is 35.6 Å². The first-order valence-electron chi connectivity index (χ1n) is 9.58. The van der Waals surface area contributed by atoms with Gasteiger partial charge in [0.15, 0.2) is 0 Å². The van der Waals surface area contributed by atoms with Gasteiger partial charge < -0.3 is 4.85 Å². The predicted octanol–water partition coefficient (Wildman–Crippen LogP) is 4.14. The average molecular weight is 426 g/mol. The van der Waals surface area contributed by atoms with Crippen LogP contribution in [0.2, 0.25) is 0 Å². The Hall–Kier alpha value is -3.74. The van der Waals surface area contributed by atoms with Gasteiger partial charge in [-0.15, -0.1) is 11.6 Å². The lowest BCUT2D eigenvalue weighted by molar-refractivity contribution is -0.137.